The molecule has 156 valence electrons. The van der Waals surface area contributed by atoms with Gasteiger partial charge in [0, 0.05) is 36.6 Å². The van der Waals surface area contributed by atoms with E-state index < -0.39 is 0 Å². The number of nitrogens with one attached hydrogen (secondary N) is 2. The summed E-state index contributed by atoms with van der Waals surface area (Å²) >= 11 is 8.46. The highest BCUT2D eigenvalue weighted by Crippen LogP contribution is 2.27. The maximum absolute atomic E-state index is 12.8. The normalized spacial score (nSPS) is 13.7. The molecule has 2 amide bonds. The Kier molecular flexibility index (Phi) is 6.05. The Balaban J connectivity index is 1.48. The van der Waals surface area contributed by atoms with E-state index in [0.717, 1.165) is 30.1 Å². The van der Waals surface area contributed by atoms with Gasteiger partial charge in [0.05, 0.1) is 14.9 Å². The topological polar surface area (TPSA) is 94.6 Å². The molecule has 0 bridgehead atoms. The fourth-order valence-electron chi connectivity index (χ4n) is 3.14. The number of benzene rings is 1. The first-order chi connectivity index (χ1) is 14.4. The fraction of sp³-hybridized carbons (Fsp3) is 0.250. The second-order valence-corrected chi connectivity index (χ2v) is 9.76. The van der Waals surface area contributed by atoms with Crippen molar-refractivity contribution in [2.75, 3.05) is 18.9 Å². The second kappa shape index (κ2) is 8.73. The van der Waals surface area contributed by atoms with Crippen LogP contribution in [0.4, 0.5) is 5.69 Å². The highest BCUT2D eigenvalue weighted by atomic mass is 35.5. The molecule has 10 heteroatoms. The Morgan fingerprint density at radius 1 is 1.23 bits per heavy atom. The first kappa shape index (κ1) is 20.8. The van der Waals surface area contributed by atoms with Crippen LogP contribution >= 0.6 is 34.3 Å². The van der Waals surface area contributed by atoms with Gasteiger partial charge in [-0.15, -0.1) is 22.7 Å². The van der Waals surface area contributed by atoms with Crippen LogP contribution in [0.15, 0.2) is 30.3 Å². The van der Waals surface area contributed by atoms with E-state index in [-0.39, 0.29) is 24.1 Å². The minimum absolute atomic E-state index is 0.0455. The summed E-state index contributed by atoms with van der Waals surface area (Å²) in [5.74, 6) is -0.534. The minimum Gasteiger partial charge on any atom is -0.508 e. The van der Waals surface area contributed by atoms with Crippen LogP contribution in [0.5, 0.6) is 5.75 Å². The van der Waals surface area contributed by atoms with Crippen LogP contribution in [-0.2, 0) is 19.5 Å². The third kappa shape index (κ3) is 4.65. The van der Waals surface area contributed by atoms with Crippen LogP contribution in [0.1, 0.15) is 35.6 Å². The number of hydrogen-bond acceptors (Lipinski definition) is 7. The molecule has 1 aromatic carbocycles. The lowest BCUT2D eigenvalue weighted by Gasteiger charge is -2.20. The van der Waals surface area contributed by atoms with Gasteiger partial charge < -0.3 is 20.6 Å². The molecule has 0 aliphatic carbocycles. The smallest absolute Gasteiger partial charge is 0.284 e. The predicted octanol–water partition coefficient (Wildman–Crippen LogP) is 3.73. The first-order valence-corrected chi connectivity index (χ1v) is 11.2. The Labute approximate surface area is 186 Å². The molecule has 0 radical (unpaired) electrons. The number of phenolic OH excluding ortho intramolecular Hbond substituents is 1. The lowest BCUT2D eigenvalue weighted by molar-refractivity contribution is 0.0954. The third-order valence-electron chi connectivity index (χ3n) is 4.69. The van der Waals surface area contributed by atoms with Crippen LogP contribution in [0.2, 0.25) is 4.34 Å². The summed E-state index contributed by atoms with van der Waals surface area (Å²) in [6, 6.07) is 7.92. The van der Waals surface area contributed by atoms with Gasteiger partial charge in [0.15, 0.2) is 5.01 Å². The highest BCUT2D eigenvalue weighted by molar-refractivity contribution is 7.18. The molecule has 1 aliphatic rings. The zero-order chi connectivity index (χ0) is 21.3. The number of aromatic hydroxyl groups is 1. The molecule has 3 heterocycles. The molecule has 0 saturated carbocycles. The van der Waals surface area contributed by atoms with E-state index in [4.69, 9.17) is 11.6 Å². The van der Waals surface area contributed by atoms with E-state index in [2.05, 4.69) is 20.5 Å². The molecular weight excluding hydrogens is 444 g/mol. The number of anilines is 1. The van der Waals surface area contributed by atoms with Crippen LogP contribution in [-0.4, -0.2) is 40.4 Å². The number of likely N-dealkylation sites (N-methyl/N-ethyl adjacent to an activating group) is 1. The number of amides is 2. The van der Waals surface area contributed by atoms with Gasteiger partial charge in [-0.05, 0) is 42.9 Å². The van der Waals surface area contributed by atoms with Crippen molar-refractivity contribution in [1.82, 2.24) is 15.2 Å². The van der Waals surface area contributed by atoms with Crippen molar-refractivity contribution in [3.05, 3.63) is 60.7 Å². The molecule has 3 N–H and O–H groups in total. The molecule has 3 aromatic rings. The number of rotatable bonds is 5. The summed E-state index contributed by atoms with van der Waals surface area (Å²) < 4.78 is 0.530. The minimum atomic E-state index is -0.305. The summed E-state index contributed by atoms with van der Waals surface area (Å²) in [4.78, 5) is 33.4. The molecule has 30 heavy (non-hydrogen) atoms. The zero-order valence-corrected chi connectivity index (χ0v) is 18.5. The lowest BCUT2D eigenvalue weighted by Crippen LogP contribution is -2.25. The number of carbonyl (C=O) groups is 2. The van der Waals surface area contributed by atoms with E-state index in [0.29, 0.717) is 25.5 Å². The number of aromatic nitrogens is 1. The predicted molar refractivity (Wildman–Crippen MR) is 119 cm³/mol. The Hall–Kier alpha value is -2.46. The van der Waals surface area contributed by atoms with E-state index in [1.54, 1.807) is 18.2 Å². The fourth-order valence-corrected chi connectivity index (χ4v) is 5.19. The first-order valence-electron chi connectivity index (χ1n) is 9.23. The SMILES string of the molecule is CN1CCc2nc(C(=O)Nc3ccc(O)cc3CNC(=O)c3ccc(Cl)s3)sc2C1. The molecule has 0 unspecified atom stereocenters. The van der Waals surface area contributed by atoms with Gasteiger partial charge in [-0.25, -0.2) is 4.98 Å². The molecule has 1 aliphatic heterocycles. The quantitative estimate of drug-likeness (QED) is 0.502. The van der Waals surface area contributed by atoms with Crippen molar-refractivity contribution >= 4 is 51.8 Å². The lowest BCUT2D eigenvalue weighted by atomic mass is 10.1. The van der Waals surface area contributed by atoms with Crippen LogP contribution in [0.3, 0.4) is 0 Å². The molecular formula is C20H19ClN4O3S2. The number of halogens is 1. The largest absolute Gasteiger partial charge is 0.508 e. The van der Waals surface area contributed by atoms with Gasteiger partial charge in [-0.2, -0.15) is 0 Å². The summed E-state index contributed by atoms with van der Waals surface area (Å²) in [6.45, 7) is 1.86. The summed E-state index contributed by atoms with van der Waals surface area (Å²) in [5.41, 5.74) is 2.07. The number of thiophene rings is 1. The van der Waals surface area contributed by atoms with Gasteiger partial charge >= 0.3 is 0 Å². The van der Waals surface area contributed by atoms with Crippen LogP contribution in [0, 0.1) is 0 Å². The average molecular weight is 463 g/mol. The Bertz CT molecular complexity index is 1110. The number of fused-ring (bicyclic) bond motifs is 1. The number of nitrogens with zero attached hydrogens (tertiary/aromatic N) is 2. The van der Waals surface area contributed by atoms with E-state index in [9.17, 15) is 14.7 Å². The zero-order valence-electron chi connectivity index (χ0n) is 16.1. The molecule has 0 atom stereocenters. The van der Waals surface area contributed by atoms with Crippen molar-refractivity contribution in [2.24, 2.45) is 0 Å². The third-order valence-corrected chi connectivity index (χ3v) is 7.00. The highest BCUT2D eigenvalue weighted by Gasteiger charge is 2.22. The van der Waals surface area contributed by atoms with Crippen LogP contribution < -0.4 is 10.6 Å². The number of thiazole rings is 1. The van der Waals surface area contributed by atoms with Crippen molar-refractivity contribution in [2.45, 2.75) is 19.5 Å². The Morgan fingerprint density at radius 2 is 2.07 bits per heavy atom. The number of carbonyl (C=O) groups excluding carboxylic acids is 2. The maximum atomic E-state index is 12.8. The van der Waals surface area contributed by atoms with E-state index in [1.165, 1.54) is 34.8 Å². The Morgan fingerprint density at radius 3 is 2.83 bits per heavy atom. The van der Waals surface area contributed by atoms with Gasteiger partial charge in [0.25, 0.3) is 11.8 Å². The van der Waals surface area contributed by atoms with Gasteiger partial charge in [-0.3, -0.25) is 9.59 Å². The van der Waals surface area contributed by atoms with Gasteiger partial charge in [0.1, 0.15) is 5.75 Å². The van der Waals surface area contributed by atoms with Crippen LogP contribution in [0.25, 0.3) is 0 Å². The number of hydrogen-bond donors (Lipinski definition) is 3. The van der Waals surface area contributed by atoms with Crippen molar-refractivity contribution in [1.29, 1.82) is 0 Å². The molecule has 0 saturated heterocycles. The standard InChI is InChI=1S/C20H19ClN4O3S2/c1-25-7-6-14-16(10-25)30-20(24-14)19(28)23-13-3-2-12(26)8-11(13)9-22-18(27)15-4-5-17(21)29-15/h2-5,8,26H,6-7,9-10H2,1H3,(H,22,27)(H,23,28). The molecule has 7 nitrogen and oxygen atoms in total. The van der Waals surface area contributed by atoms with Gasteiger partial charge in [-0.1, -0.05) is 11.6 Å². The summed E-state index contributed by atoms with van der Waals surface area (Å²) in [5, 5.41) is 15.9. The molecule has 0 fully saturated rings. The maximum Gasteiger partial charge on any atom is 0.284 e. The molecule has 4 rings (SSSR count). The van der Waals surface area contributed by atoms with E-state index >= 15 is 0 Å². The molecule has 2 aromatic heterocycles. The van der Waals surface area contributed by atoms with E-state index in [1.807, 2.05) is 7.05 Å². The summed E-state index contributed by atoms with van der Waals surface area (Å²) in [7, 11) is 2.05. The average Bonchev–Trinajstić information content (AvgIpc) is 3.33. The van der Waals surface area contributed by atoms with Crippen molar-refractivity contribution in [3.8, 4) is 5.75 Å². The monoisotopic (exact) mass is 462 g/mol. The second-order valence-electron chi connectivity index (χ2n) is 6.96. The van der Waals surface area contributed by atoms with Crippen molar-refractivity contribution in [3.63, 3.8) is 0 Å². The molecule has 0 spiro atoms. The summed E-state index contributed by atoms with van der Waals surface area (Å²) in [6.07, 6.45) is 0.832. The number of phenols is 1. The van der Waals surface area contributed by atoms with Crippen molar-refractivity contribution < 1.29 is 14.7 Å². The van der Waals surface area contributed by atoms with Gasteiger partial charge in [0.2, 0.25) is 0 Å².